The fraction of sp³-hybridized carbons (Fsp3) is 0.542. The number of piperidine rings is 1. The minimum atomic E-state index is -0.308. The zero-order chi connectivity index (χ0) is 22.8. The normalized spacial score (nSPS) is 19.9. The average molecular weight is 442 g/mol. The molecule has 32 heavy (non-hydrogen) atoms. The largest absolute Gasteiger partial charge is 0.339 e. The Labute approximate surface area is 188 Å². The summed E-state index contributed by atoms with van der Waals surface area (Å²) >= 11 is 0. The van der Waals surface area contributed by atoms with Gasteiger partial charge in [0.1, 0.15) is 5.82 Å². The summed E-state index contributed by atoms with van der Waals surface area (Å²) < 4.78 is 15.0. The number of likely N-dealkylation sites (tertiary alicyclic amines) is 1. The lowest BCUT2D eigenvalue weighted by atomic mass is 10.0. The van der Waals surface area contributed by atoms with Crippen LogP contribution in [0.2, 0.25) is 0 Å². The molecule has 1 aromatic heterocycles. The molecule has 172 valence electrons. The summed E-state index contributed by atoms with van der Waals surface area (Å²) in [5, 5.41) is 4.53. The number of hydrogen-bond donors (Lipinski definition) is 0. The molecule has 2 saturated heterocycles. The van der Waals surface area contributed by atoms with Gasteiger partial charge in [-0.2, -0.15) is 5.10 Å². The predicted octanol–water partition coefficient (Wildman–Crippen LogP) is 2.79. The Hall–Kier alpha value is -2.74. The van der Waals surface area contributed by atoms with E-state index in [1.165, 1.54) is 18.6 Å². The number of aromatic nitrogens is 2. The maximum Gasteiger partial charge on any atom is 0.257 e. The lowest BCUT2D eigenvalue weighted by Gasteiger charge is -2.38. The van der Waals surface area contributed by atoms with Crippen molar-refractivity contribution in [2.45, 2.75) is 46.1 Å². The number of amides is 2. The van der Waals surface area contributed by atoms with Crippen molar-refractivity contribution < 1.29 is 14.0 Å². The first-order chi connectivity index (χ1) is 15.3. The van der Waals surface area contributed by atoms with Crippen molar-refractivity contribution in [2.75, 3.05) is 39.3 Å². The van der Waals surface area contributed by atoms with Crippen LogP contribution in [0, 0.1) is 19.7 Å². The third kappa shape index (κ3) is 4.55. The van der Waals surface area contributed by atoms with Crippen LogP contribution in [0.25, 0.3) is 5.69 Å². The lowest BCUT2D eigenvalue weighted by molar-refractivity contribution is -0.136. The van der Waals surface area contributed by atoms with Crippen LogP contribution < -0.4 is 0 Å². The second-order valence-electron chi connectivity index (χ2n) is 8.93. The molecule has 0 saturated carbocycles. The van der Waals surface area contributed by atoms with E-state index in [0.717, 1.165) is 30.8 Å². The first kappa shape index (κ1) is 22.5. The first-order valence-electron chi connectivity index (χ1n) is 11.5. The summed E-state index contributed by atoms with van der Waals surface area (Å²) in [5.74, 6) is -0.147. The van der Waals surface area contributed by atoms with E-state index < -0.39 is 0 Å². The van der Waals surface area contributed by atoms with Gasteiger partial charge in [0.2, 0.25) is 5.91 Å². The fourth-order valence-electron chi connectivity index (χ4n) is 4.80. The van der Waals surface area contributed by atoms with E-state index in [4.69, 9.17) is 0 Å². The number of carbonyl (C=O) groups excluding carboxylic acids is 2. The van der Waals surface area contributed by atoms with Crippen molar-refractivity contribution in [3.8, 4) is 5.69 Å². The Morgan fingerprint density at radius 1 is 1.03 bits per heavy atom. The number of benzene rings is 1. The molecule has 4 rings (SSSR count). The lowest BCUT2D eigenvalue weighted by Crippen LogP contribution is -2.53. The molecule has 1 atom stereocenters. The van der Waals surface area contributed by atoms with Gasteiger partial charge in [0.15, 0.2) is 0 Å². The number of hydrogen-bond acceptors (Lipinski definition) is 4. The Kier molecular flexibility index (Phi) is 6.60. The monoisotopic (exact) mass is 441 g/mol. The van der Waals surface area contributed by atoms with Crippen LogP contribution in [0.3, 0.4) is 0 Å². The first-order valence-corrected chi connectivity index (χ1v) is 11.5. The van der Waals surface area contributed by atoms with E-state index >= 15 is 0 Å². The van der Waals surface area contributed by atoms with Gasteiger partial charge in [-0.3, -0.25) is 14.5 Å². The second-order valence-corrected chi connectivity index (χ2v) is 8.93. The maximum absolute atomic E-state index is 13.3. The number of piperazine rings is 1. The molecule has 3 heterocycles. The Morgan fingerprint density at radius 3 is 2.38 bits per heavy atom. The highest BCUT2D eigenvalue weighted by atomic mass is 19.1. The quantitative estimate of drug-likeness (QED) is 0.732. The average Bonchev–Trinajstić information content (AvgIpc) is 3.08. The van der Waals surface area contributed by atoms with E-state index in [0.29, 0.717) is 50.0 Å². The highest BCUT2D eigenvalue weighted by molar-refractivity contribution is 5.96. The van der Waals surface area contributed by atoms with Crippen LogP contribution >= 0.6 is 0 Å². The molecule has 0 bridgehead atoms. The van der Waals surface area contributed by atoms with Crippen molar-refractivity contribution in [2.24, 2.45) is 0 Å². The third-order valence-corrected chi connectivity index (χ3v) is 6.72. The standard InChI is InChI=1S/C24H32FN5O2/c1-17-6-4-5-11-29(17)22(31)16-27-12-14-28(15-13-27)24(32)23-18(2)26-30(19(23)3)21-9-7-20(25)8-10-21/h7-10,17H,4-6,11-16H2,1-3H3. The van der Waals surface area contributed by atoms with Gasteiger partial charge in [-0.15, -0.1) is 0 Å². The molecule has 8 heteroatoms. The van der Waals surface area contributed by atoms with Crippen LogP contribution in [0.4, 0.5) is 4.39 Å². The molecule has 0 aliphatic carbocycles. The fourth-order valence-corrected chi connectivity index (χ4v) is 4.80. The SMILES string of the molecule is Cc1nn(-c2ccc(F)cc2)c(C)c1C(=O)N1CCN(CC(=O)N2CCCCC2C)CC1. The zero-order valence-corrected chi connectivity index (χ0v) is 19.2. The van der Waals surface area contributed by atoms with E-state index in [9.17, 15) is 14.0 Å². The molecule has 0 spiro atoms. The van der Waals surface area contributed by atoms with Gasteiger partial charge < -0.3 is 9.80 Å². The molecule has 2 amide bonds. The number of rotatable bonds is 4. The minimum absolute atomic E-state index is 0.0380. The van der Waals surface area contributed by atoms with Crippen molar-refractivity contribution >= 4 is 11.8 Å². The summed E-state index contributed by atoms with van der Waals surface area (Å²) in [5.41, 5.74) is 2.73. The number of halogens is 1. The molecule has 2 fully saturated rings. The van der Waals surface area contributed by atoms with Crippen LogP contribution in [-0.4, -0.2) is 81.6 Å². The van der Waals surface area contributed by atoms with Crippen molar-refractivity contribution in [3.63, 3.8) is 0 Å². The van der Waals surface area contributed by atoms with Crippen molar-refractivity contribution in [1.29, 1.82) is 0 Å². The van der Waals surface area contributed by atoms with E-state index in [2.05, 4.69) is 16.9 Å². The Morgan fingerprint density at radius 2 is 1.72 bits per heavy atom. The third-order valence-electron chi connectivity index (χ3n) is 6.72. The molecule has 2 aliphatic heterocycles. The molecule has 1 aromatic carbocycles. The summed E-state index contributed by atoms with van der Waals surface area (Å²) in [6, 6.07) is 6.41. The Balaban J connectivity index is 1.38. The van der Waals surface area contributed by atoms with E-state index in [1.54, 1.807) is 16.8 Å². The van der Waals surface area contributed by atoms with Crippen LogP contribution in [0.5, 0.6) is 0 Å². The van der Waals surface area contributed by atoms with E-state index in [-0.39, 0.29) is 17.6 Å². The highest BCUT2D eigenvalue weighted by Crippen LogP contribution is 2.21. The molecule has 2 aromatic rings. The topological polar surface area (TPSA) is 61.7 Å². The molecule has 1 unspecified atom stereocenters. The molecule has 0 N–H and O–H groups in total. The predicted molar refractivity (Wildman–Crippen MR) is 120 cm³/mol. The van der Waals surface area contributed by atoms with Gasteiger partial charge in [0.05, 0.1) is 29.2 Å². The number of nitrogens with zero attached hydrogens (tertiary/aromatic N) is 5. The van der Waals surface area contributed by atoms with Gasteiger partial charge in [-0.05, 0) is 64.3 Å². The molecular weight excluding hydrogens is 409 g/mol. The molecular formula is C24H32FN5O2. The second kappa shape index (κ2) is 9.40. The van der Waals surface area contributed by atoms with Crippen LogP contribution in [0.15, 0.2) is 24.3 Å². The molecule has 7 nitrogen and oxygen atoms in total. The van der Waals surface area contributed by atoms with Gasteiger partial charge in [0, 0.05) is 38.8 Å². The van der Waals surface area contributed by atoms with Crippen molar-refractivity contribution in [3.05, 3.63) is 47.0 Å². The molecule has 0 radical (unpaired) electrons. The van der Waals surface area contributed by atoms with Crippen molar-refractivity contribution in [1.82, 2.24) is 24.5 Å². The zero-order valence-electron chi connectivity index (χ0n) is 19.2. The van der Waals surface area contributed by atoms with E-state index in [1.807, 2.05) is 23.6 Å². The summed E-state index contributed by atoms with van der Waals surface area (Å²) in [7, 11) is 0. The van der Waals surface area contributed by atoms with Crippen LogP contribution in [0.1, 0.15) is 47.9 Å². The summed E-state index contributed by atoms with van der Waals surface area (Å²) in [6.07, 6.45) is 3.36. The highest BCUT2D eigenvalue weighted by Gasteiger charge is 2.29. The number of carbonyl (C=O) groups is 2. The van der Waals surface area contributed by atoms with Gasteiger partial charge in [0.25, 0.3) is 5.91 Å². The van der Waals surface area contributed by atoms with Gasteiger partial charge in [-0.1, -0.05) is 0 Å². The summed E-state index contributed by atoms with van der Waals surface area (Å²) in [4.78, 5) is 32.0. The molecule has 2 aliphatic rings. The smallest absolute Gasteiger partial charge is 0.257 e. The van der Waals surface area contributed by atoms with Gasteiger partial charge >= 0.3 is 0 Å². The minimum Gasteiger partial charge on any atom is -0.339 e. The van der Waals surface area contributed by atoms with Gasteiger partial charge in [-0.25, -0.2) is 9.07 Å². The number of aryl methyl sites for hydroxylation is 1. The Bertz CT molecular complexity index is 979. The van der Waals surface area contributed by atoms with Crippen LogP contribution in [-0.2, 0) is 4.79 Å². The summed E-state index contributed by atoms with van der Waals surface area (Å²) in [6.45, 7) is 9.64. The maximum atomic E-state index is 13.3.